The standard InChI is InChI=1S/C48H54N4O16/c1-61-41(53)13-9-25-29(17-45(57)65-5)37-23-38-31(19-47(59)67-7)27(11-15-43(55)63-3)35(51-38)22-36-28(12-16-44(56)64-4)32(20-48(60)68-8)40(52-36)24-39-30(18-46(58)66-6)26(10-14-42(54)62-2)34(50-39)21-33(25)49-37/h21-24,49-50H,9-20H2,1-8H3. The van der Waals surface area contributed by atoms with Crippen molar-refractivity contribution in [2.45, 2.75) is 77.0 Å². The van der Waals surface area contributed by atoms with Crippen LogP contribution in [0.3, 0.4) is 0 Å². The van der Waals surface area contributed by atoms with Gasteiger partial charge in [-0.3, -0.25) is 38.4 Å². The predicted molar refractivity (Wildman–Crippen MR) is 243 cm³/mol. The Morgan fingerprint density at radius 3 is 0.941 bits per heavy atom. The first kappa shape index (κ1) is 51.3. The number of aromatic amines is 2. The van der Waals surface area contributed by atoms with E-state index in [1.807, 2.05) is 0 Å². The number of rotatable bonds is 20. The van der Waals surface area contributed by atoms with Gasteiger partial charge in [-0.25, -0.2) is 9.97 Å². The summed E-state index contributed by atoms with van der Waals surface area (Å²) in [5.41, 5.74) is 5.90. The second-order valence-corrected chi connectivity index (χ2v) is 15.4. The zero-order chi connectivity index (χ0) is 49.7. The van der Waals surface area contributed by atoms with E-state index in [0.717, 1.165) is 0 Å². The second-order valence-electron chi connectivity index (χ2n) is 15.4. The maximum Gasteiger partial charge on any atom is 0.310 e. The minimum atomic E-state index is -0.634. The van der Waals surface area contributed by atoms with Crippen molar-refractivity contribution < 1.29 is 76.3 Å². The van der Waals surface area contributed by atoms with Crippen molar-refractivity contribution in [3.8, 4) is 0 Å². The van der Waals surface area contributed by atoms with Crippen molar-refractivity contribution in [2.24, 2.45) is 0 Å². The number of ether oxygens (including phenoxy) is 8. The Balaban J connectivity index is 2.11. The van der Waals surface area contributed by atoms with E-state index in [4.69, 9.17) is 47.9 Å². The van der Waals surface area contributed by atoms with Crippen LogP contribution in [0.15, 0.2) is 24.3 Å². The fourth-order valence-corrected chi connectivity index (χ4v) is 8.02. The van der Waals surface area contributed by atoms with Crippen LogP contribution in [0.2, 0.25) is 0 Å². The highest BCUT2D eigenvalue weighted by Gasteiger charge is 2.29. The summed E-state index contributed by atoms with van der Waals surface area (Å²) in [7, 11) is 9.91. The molecule has 20 nitrogen and oxygen atoms in total. The molecule has 8 bridgehead atoms. The maximum atomic E-state index is 13.2. The summed E-state index contributed by atoms with van der Waals surface area (Å²) >= 11 is 0. The van der Waals surface area contributed by atoms with E-state index in [9.17, 15) is 38.4 Å². The highest BCUT2D eigenvalue weighted by Crippen LogP contribution is 2.41. The average molecular weight is 943 g/mol. The second kappa shape index (κ2) is 23.7. The number of aryl methyl sites for hydroxylation is 2. The van der Waals surface area contributed by atoms with Crippen LogP contribution in [-0.2, 0) is 102 Å². The summed E-state index contributed by atoms with van der Waals surface area (Å²) in [5.74, 6) is -4.68. The summed E-state index contributed by atoms with van der Waals surface area (Å²) in [6.07, 6.45) is -1.52. The van der Waals surface area contributed by atoms with Gasteiger partial charge in [0, 0.05) is 47.8 Å². The number of carbonyl (C=O) groups is 8. The van der Waals surface area contributed by atoms with E-state index in [1.54, 1.807) is 24.3 Å². The molecule has 0 fully saturated rings. The molecule has 0 radical (unpaired) electrons. The number of H-pyrrole nitrogens is 2. The molecular weight excluding hydrogens is 889 g/mol. The molecule has 362 valence electrons. The minimum Gasteiger partial charge on any atom is -0.469 e. The average Bonchev–Trinajstić information content (AvgIpc) is 4.04. The summed E-state index contributed by atoms with van der Waals surface area (Å²) in [5, 5.41) is 0. The number of nitrogens with one attached hydrogen (secondary N) is 2. The van der Waals surface area contributed by atoms with Crippen LogP contribution in [-0.4, -0.2) is 125 Å². The van der Waals surface area contributed by atoms with Gasteiger partial charge in [-0.1, -0.05) is 0 Å². The van der Waals surface area contributed by atoms with Gasteiger partial charge in [0.05, 0.1) is 105 Å². The van der Waals surface area contributed by atoms with Crippen molar-refractivity contribution in [1.29, 1.82) is 0 Å². The molecule has 2 N–H and O–H groups in total. The Bertz CT molecular complexity index is 2560. The van der Waals surface area contributed by atoms with Crippen LogP contribution < -0.4 is 0 Å². The fraction of sp³-hybridized carbons (Fsp3) is 0.417. The molecule has 0 aliphatic carbocycles. The molecule has 2 aliphatic rings. The summed E-state index contributed by atoms with van der Waals surface area (Å²) in [4.78, 5) is 120. The molecule has 3 aromatic heterocycles. The smallest absolute Gasteiger partial charge is 0.310 e. The van der Waals surface area contributed by atoms with Crippen LogP contribution in [0.25, 0.3) is 44.4 Å². The van der Waals surface area contributed by atoms with Crippen molar-refractivity contribution in [2.75, 3.05) is 56.9 Å². The number of fused-ring (bicyclic) bond motifs is 8. The number of nitrogens with zero attached hydrogens (tertiary/aromatic N) is 2. The van der Waals surface area contributed by atoms with Gasteiger partial charge < -0.3 is 47.9 Å². The number of aromatic nitrogens is 4. The van der Waals surface area contributed by atoms with Gasteiger partial charge in [0.1, 0.15) is 0 Å². The van der Waals surface area contributed by atoms with Gasteiger partial charge in [-0.2, -0.15) is 0 Å². The van der Waals surface area contributed by atoms with Crippen molar-refractivity contribution in [3.63, 3.8) is 0 Å². The number of esters is 8. The van der Waals surface area contributed by atoms with Gasteiger partial charge in [0.25, 0.3) is 0 Å². The molecule has 5 heterocycles. The third-order valence-electron chi connectivity index (χ3n) is 11.6. The van der Waals surface area contributed by atoms with E-state index >= 15 is 0 Å². The lowest BCUT2D eigenvalue weighted by Crippen LogP contribution is -2.08. The zero-order valence-corrected chi connectivity index (χ0v) is 39.2. The van der Waals surface area contributed by atoms with Crippen molar-refractivity contribution in [3.05, 3.63) is 69.3 Å². The van der Waals surface area contributed by atoms with Crippen molar-refractivity contribution in [1.82, 2.24) is 19.9 Å². The molecule has 0 aromatic carbocycles. The summed E-state index contributed by atoms with van der Waals surface area (Å²) in [6.45, 7) is 0. The topological polar surface area (TPSA) is 268 Å². The number of carbonyl (C=O) groups excluding carboxylic acids is 8. The largest absolute Gasteiger partial charge is 0.469 e. The van der Waals surface area contributed by atoms with E-state index in [2.05, 4.69) is 9.97 Å². The number of hydrogen-bond acceptors (Lipinski definition) is 18. The van der Waals surface area contributed by atoms with Gasteiger partial charge in [0.2, 0.25) is 0 Å². The first-order valence-corrected chi connectivity index (χ1v) is 21.4. The lowest BCUT2D eigenvalue weighted by atomic mass is 9.95. The summed E-state index contributed by atoms with van der Waals surface area (Å²) < 4.78 is 40.4. The third kappa shape index (κ3) is 12.4. The minimum absolute atomic E-state index is 0.0250. The Hall–Kier alpha value is -7.64. The van der Waals surface area contributed by atoms with E-state index in [1.165, 1.54) is 56.9 Å². The Labute approximate surface area is 390 Å². The highest BCUT2D eigenvalue weighted by atomic mass is 16.5. The molecule has 3 aromatic rings. The predicted octanol–water partition coefficient (Wildman–Crippen LogP) is 4.81. The first-order chi connectivity index (χ1) is 32.6. The Morgan fingerprint density at radius 2 is 0.618 bits per heavy atom. The first-order valence-electron chi connectivity index (χ1n) is 21.4. The molecular formula is C48H54N4O16. The van der Waals surface area contributed by atoms with Gasteiger partial charge in [-0.15, -0.1) is 0 Å². The van der Waals surface area contributed by atoms with E-state index in [0.29, 0.717) is 66.6 Å². The molecule has 20 heteroatoms. The number of methoxy groups -OCH3 is 8. The fourth-order valence-electron chi connectivity index (χ4n) is 8.02. The molecule has 0 amide bonds. The third-order valence-corrected chi connectivity index (χ3v) is 11.6. The molecule has 0 atom stereocenters. The maximum absolute atomic E-state index is 13.2. The van der Waals surface area contributed by atoms with Crippen molar-refractivity contribution >= 4 is 92.1 Å². The van der Waals surface area contributed by atoms with Crippen LogP contribution in [0.4, 0.5) is 0 Å². The lowest BCUT2D eigenvalue weighted by Gasteiger charge is -2.09. The highest BCUT2D eigenvalue weighted by molar-refractivity contribution is 6.03. The Morgan fingerprint density at radius 1 is 0.338 bits per heavy atom. The zero-order valence-electron chi connectivity index (χ0n) is 39.2. The Kier molecular flexibility index (Phi) is 17.9. The lowest BCUT2D eigenvalue weighted by molar-refractivity contribution is -0.141. The monoisotopic (exact) mass is 942 g/mol. The van der Waals surface area contributed by atoms with Gasteiger partial charge in [-0.05, 0) is 94.5 Å². The van der Waals surface area contributed by atoms with Crippen LogP contribution >= 0.6 is 0 Å². The van der Waals surface area contributed by atoms with Crippen LogP contribution in [0.1, 0.15) is 96.4 Å². The SMILES string of the molecule is COC(=O)CCC1=C(CC(=O)OC)c2cc3[nH]c(cc4[nH]c(cc5nc(cc1n2)C(CCC(=O)OC)=C5CC(=O)OC)c(CC(=O)OC)c4CCC(=O)OC)c(CCC(=O)OC)c3CC(=O)OC. The van der Waals surface area contributed by atoms with Crippen LogP contribution in [0, 0.1) is 0 Å². The number of hydrogen-bond donors (Lipinski definition) is 2. The number of allylic oxidation sites excluding steroid dienone is 2. The molecule has 68 heavy (non-hydrogen) atoms. The van der Waals surface area contributed by atoms with E-state index < -0.39 is 47.8 Å². The summed E-state index contributed by atoms with van der Waals surface area (Å²) in [6, 6.07) is 6.57. The molecule has 5 rings (SSSR count). The van der Waals surface area contributed by atoms with Crippen LogP contribution in [0.5, 0.6) is 0 Å². The molecule has 0 spiro atoms. The molecule has 0 saturated carbocycles. The normalized spacial score (nSPS) is 12.0. The van der Waals surface area contributed by atoms with Gasteiger partial charge >= 0.3 is 47.8 Å². The van der Waals surface area contributed by atoms with E-state index in [-0.39, 0.29) is 99.8 Å². The molecule has 2 aliphatic heterocycles. The molecule has 0 unspecified atom stereocenters. The molecule has 0 saturated heterocycles. The van der Waals surface area contributed by atoms with Gasteiger partial charge in [0.15, 0.2) is 0 Å². The quantitative estimate of drug-likeness (QED) is 0.114.